The number of tetrazole rings is 1. The van der Waals surface area contributed by atoms with E-state index in [1.807, 2.05) is 6.07 Å². The summed E-state index contributed by atoms with van der Waals surface area (Å²) in [6, 6.07) is 10.8. The highest BCUT2D eigenvalue weighted by Gasteiger charge is 2.39. The van der Waals surface area contributed by atoms with E-state index in [0.717, 1.165) is 4.68 Å². The van der Waals surface area contributed by atoms with Crippen LogP contribution in [0.1, 0.15) is 38.8 Å². The summed E-state index contributed by atoms with van der Waals surface area (Å²) in [6.07, 6.45) is -0.464. The number of hydrogen-bond acceptors (Lipinski definition) is 11. The molecule has 0 fully saturated rings. The van der Waals surface area contributed by atoms with E-state index in [9.17, 15) is 14.4 Å². The van der Waals surface area contributed by atoms with Gasteiger partial charge in [-0.3, -0.25) is 9.59 Å². The molecule has 3 aromatic rings. The van der Waals surface area contributed by atoms with Crippen LogP contribution in [0.25, 0.3) is 11.4 Å². The second-order valence-corrected chi connectivity index (χ2v) is 9.28. The molecular formula is C26H31N5O7. The minimum absolute atomic E-state index is 0.00113. The van der Waals surface area contributed by atoms with Gasteiger partial charge in [-0.1, -0.05) is 36.4 Å². The van der Waals surface area contributed by atoms with Crippen LogP contribution in [-0.4, -0.2) is 63.8 Å². The maximum absolute atomic E-state index is 13.6. The monoisotopic (exact) mass is 525 g/mol. The van der Waals surface area contributed by atoms with Crippen molar-refractivity contribution in [1.82, 2.24) is 20.2 Å². The Balaban J connectivity index is 2.01. The van der Waals surface area contributed by atoms with Crippen molar-refractivity contribution in [3.05, 3.63) is 54.1 Å². The minimum Gasteiger partial charge on any atom is -0.496 e. The van der Waals surface area contributed by atoms with E-state index in [1.165, 1.54) is 14.2 Å². The summed E-state index contributed by atoms with van der Waals surface area (Å²) in [5.74, 6) is -1.82. The zero-order valence-electron chi connectivity index (χ0n) is 21.9. The van der Waals surface area contributed by atoms with Crippen LogP contribution < -0.4 is 15.2 Å². The van der Waals surface area contributed by atoms with E-state index in [4.69, 9.17) is 24.7 Å². The summed E-state index contributed by atoms with van der Waals surface area (Å²) in [5, 5.41) is 11.6. The summed E-state index contributed by atoms with van der Waals surface area (Å²) >= 11 is 0. The number of ether oxygens (including phenoxy) is 4. The Kier molecular flexibility index (Phi) is 9.13. The SMILES string of the molecule is COc1cccc(OC)c1-c1nnnn1C(C(=O)OCc1ccccc1)C(=O)C(N)CC(=O)OC(C)(C)C. The van der Waals surface area contributed by atoms with Gasteiger partial charge in [-0.05, 0) is 48.9 Å². The Morgan fingerprint density at radius 3 is 2.18 bits per heavy atom. The Morgan fingerprint density at radius 1 is 0.974 bits per heavy atom. The summed E-state index contributed by atoms with van der Waals surface area (Å²) in [6.45, 7) is 4.96. The Labute approximate surface area is 220 Å². The van der Waals surface area contributed by atoms with E-state index >= 15 is 0 Å². The van der Waals surface area contributed by atoms with Crippen molar-refractivity contribution in [3.63, 3.8) is 0 Å². The number of carbonyl (C=O) groups is 3. The molecule has 0 saturated carbocycles. The van der Waals surface area contributed by atoms with Crippen molar-refractivity contribution in [1.29, 1.82) is 0 Å². The van der Waals surface area contributed by atoms with Crippen molar-refractivity contribution in [3.8, 4) is 22.9 Å². The number of ketones is 1. The zero-order valence-corrected chi connectivity index (χ0v) is 21.9. The molecule has 2 atom stereocenters. The zero-order chi connectivity index (χ0) is 27.9. The van der Waals surface area contributed by atoms with Crippen molar-refractivity contribution >= 4 is 17.7 Å². The first-order valence-electron chi connectivity index (χ1n) is 11.8. The standard InChI is InChI=1S/C26H31N5O7/c1-26(2,3)38-20(32)14-17(27)23(33)22(25(34)37-15-16-10-7-6-8-11-16)31-24(28-29-30-31)21-18(35-4)12-9-13-19(21)36-5/h6-13,17,22H,14-15,27H2,1-5H3. The van der Waals surface area contributed by atoms with Crippen LogP contribution in [0.2, 0.25) is 0 Å². The Morgan fingerprint density at radius 2 is 1.61 bits per heavy atom. The lowest BCUT2D eigenvalue weighted by Crippen LogP contribution is -2.43. The molecule has 2 aromatic carbocycles. The number of esters is 2. The molecule has 2 unspecified atom stereocenters. The number of benzene rings is 2. The number of rotatable bonds is 11. The van der Waals surface area contributed by atoms with E-state index in [-0.39, 0.29) is 12.4 Å². The van der Waals surface area contributed by atoms with Gasteiger partial charge >= 0.3 is 11.9 Å². The largest absolute Gasteiger partial charge is 0.496 e. The van der Waals surface area contributed by atoms with Gasteiger partial charge in [0, 0.05) is 0 Å². The van der Waals surface area contributed by atoms with E-state index in [2.05, 4.69) is 15.5 Å². The van der Waals surface area contributed by atoms with Crippen LogP contribution in [0, 0.1) is 0 Å². The second-order valence-electron chi connectivity index (χ2n) is 9.28. The van der Waals surface area contributed by atoms with Gasteiger partial charge in [-0.15, -0.1) is 5.10 Å². The van der Waals surface area contributed by atoms with Crippen LogP contribution in [-0.2, 0) is 30.5 Å². The van der Waals surface area contributed by atoms with Gasteiger partial charge in [-0.25, -0.2) is 9.48 Å². The lowest BCUT2D eigenvalue weighted by atomic mass is 10.0. The molecule has 1 aromatic heterocycles. The molecule has 12 heteroatoms. The minimum atomic E-state index is -1.71. The molecular weight excluding hydrogens is 494 g/mol. The lowest BCUT2D eigenvalue weighted by Gasteiger charge is -2.23. The molecule has 202 valence electrons. The van der Waals surface area contributed by atoms with E-state index in [0.29, 0.717) is 22.6 Å². The van der Waals surface area contributed by atoms with Gasteiger partial charge in [0.2, 0.25) is 6.04 Å². The highest BCUT2D eigenvalue weighted by Crippen LogP contribution is 2.37. The van der Waals surface area contributed by atoms with Gasteiger partial charge in [0.25, 0.3) is 0 Å². The quantitative estimate of drug-likeness (QED) is 0.289. The number of aromatic nitrogens is 4. The maximum Gasteiger partial charge on any atom is 0.339 e. The molecule has 0 aliphatic heterocycles. The van der Waals surface area contributed by atoms with Crippen molar-refractivity contribution < 1.29 is 33.3 Å². The smallest absolute Gasteiger partial charge is 0.339 e. The molecule has 1 heterocycles. The average molecular weight is 526 g/mol. The average Bonchev–Trinajstić information content (AvgIpc) is 3.35. The van der Waals surface area contributed by atoms with Gasteiger partial charge < -0.3 is 24.7 Å². The molecule has 3 rings (SSSR count). The first-order chi connectivity index (χ1) is 18.1. The molecule has 0 saturated heterocycles. The summed E-state index contributed by atoms with van der Waals surface area (Å²) in [5.41, 5.74) is 6.32. The predicted molar refractivity (Wildman–Crippen MR) is 135 cm³/mol. The fourth-order valence-corrected chi connectivity index (χ4v) is 3.61. The molecule has 0 aliphatic rings. The molecule has 2 N–H and O–H groups in total. The summed E-state index contributed by atoms with van der Waals surface area (Å²) < 4.78 is 22.6. The molecule has 0 aliphatic carbocycles. The second kappa shape index (κ2) is 12.3. The van der Waals surface area contributed by atoms with Gasteiger partial charge in [0.1, 0.15) is 29.3 Å². The van der Waals surface area contributed by atoms with Crippen LogP contribution in [0.15, 0.2) is 48.5 Å². The maximum atomic E-state index is 13.6. The fourth-order valence-electron chi connectivity index (χ4n) is 3.61. The highest BCUT2D eigenvalue weighted by molar-refractivity contribution is 6.05. The third-order valence-corrected chi connectivity index (χ3v) is 5.28. The van der Waals surface area contributed by atoms with Crippen LogP contribution in [0.4, 0.5) is 0 Å². The van der Waals surface area contributed by atoms with Gasteiger partial charge in [0.05, 0.1) is 26.7 Å². The number of Topliss-reactive ketones (excluding diaryl/α,β-unsaturated/α-hetero) is 1. The number of nitrogens with zero attached hydrogens (tertiary/aromatic N) is 4. The topological polar surface area (TPSA) is 158 Å². The molecule has 0 bridgehead atoms. The van der Waals surface area contributed by atoms with Gasteiger partial charge in [-0.2, -0.15) is 0 Å². The third-order valence-electron chi connectivity index (χ3n) is 5.28. The molecule has 38 heavy (non-hydrogen) atoms. The van der Waals surface area contributed by atoms with Crippen molar-refractivity contribution in [2.45, 2.75) is 51.5 Å². The third kappa shape index (κ3) is 6.91. The fraction of sp³-hybridized carbons (Fsp3) is 0.385. The van der Waals surface area contributed by atoms with Crippen LogP contribution in [0.5, 0.6) is 11.5 Å². The van der Waals surface area contributed by atoms with Gasteiger partial charge in [0.15, 0.2) is 11.6 Å². The van der Waals surface area contributed by atoms with Crippen LogP contribution >= 0.6 is 0 Å². The Hall–Kier alpha value is -4.32. The molecule has 0 spiro atoms. The van der Waals surface area contributed by atoms with E-state index < -0.39 is 41.8 Å². The first-order valence-corrected chi connectivity index (χ1v) is 11.8. The molecule has 0 radical (unpaired) electrons. The van der Waals surface area contributed by atoms with Crippen molar-refractivity contribution in [2.75, 3.05) is 14.2 Å². The van der Waals surface area contributed by atoms with Crippen molar-refractivity contribution in [2.24, 2.45) is 5.73 Å². The number of carbonyl (C=O) groups excluding carboxylic acids is 3. The number of nitrogens with two attached hydrogens (primary N) is 1. The highest BCUT2D eigenvalue weighted by atomic mass is 16.6. The van der Waals surface area contributed by atoms with Crippen LogP contribution in [0.3, 0.4) is 0 Å². The summed E-state index contributed by atoms with van der Waals surface area (Å²) in [4.78, 5) is 39.3. The Bertz CT molecular complexity index is 1250. The molecule has 0 amide bonds. The lowest BCUT2D eigenvalue weighted by molar-refractivity contribution is -0.158. The predicted octanol–water partition coefficient (Wildman–Crippen LogP) is 2.27. The number of hydrogen-bond donors (Lipinski definition) is 1. The van der Waals surface area contributed by atoms with E-state index in [1.54, 1.807) is 63.2 Å². The summed E-state index contributed by atoms with van der Waals surface area (Å²) in [7, 11) is 2.89. The molecule has 12 nitrogen and oxygen atoms in total. The normalized spacial score (nSPS) is 12.8. The number of methoxy groups -OCH3 is 2. The first kappa shape index (κ1) is 28.3.